The molecule has 0 heterocycles. The van der Waals surface area contributed by atoms with E-state index in [9.17, 15) is 9.90 Å². The fourth-order valence-electron chi connectivity index (χ4n) is 3.63. The summed E-state index contributed by atoms with van der Waals surface area (Å²) in [5.74, 6) is -0.909. The summed E-state index contributed by atoms with van der Waals surface area (Å²) in [4.78, 5) is 13.2. The number of unbranched alkanes of at least 4 members (excludes halogenated alkanes) is 11. The van der Waals surface area contributed by atoms with Gasteiger partial charge < -0.3 is 14.8 Å². The Kier molecular flexibility index (Phi) is 24.2. The van der Waals surface area contributed by atoms with Crippen molar-refractivity contribution in [2.75, 3.05) is 13.1 Å². The Hall–Kier alpha value is 0.0274. The zero-order valence-electron chi connectivity index (χ0n) is 19.1. The molecular formula is C23H46LiNO2. The van der Waals surface area contributed by atoms with Gasteiger partial charge in [-0.1, -0.05) is 84.5 Å². The van der Waals surface area contributed by atoms with E-state index >= 15 is 0 Å². The summed E-state index contributed by atoms with van der Waals surface area (Å²) >= 11 is 0. The number of rotatable bonds is 20. The van der Waals surface area contributed by atoms with Crippen LogP contribution in [0, 0.1) is 0 Å². The monoisotopic (exact) mass is 375 g/mol. The minimum absolute atomic E-state index is 0. The molecular weight excluding hydrogens is 329 g/mol. The minimum Gasteiger partial charge on any atom is -0.550 e. The molecule has 0 saturated heterocycles. The van der Waals surface area contributed by atoms with Gasteiger partial charge in [0.15, 0.2) is 0 Å². The predicted molar refractivity (Wildman–Crippen MR) is 111 cm³/mol. The topological polar surface area (TPSA) is 43.4 Å². The molecule has 0 rings (SSSR count). The number of carbonyl (C=O) groups excluding carboxylic acids is 1. The Morgan fingerprint density at radius 1 is 0.741 bits per heavy atom. The Morgan fingerprint density at radius 3 is 1.63 bits per heavy atom. The van der Waals surface area contributed by atoms with Crippen molar-refractivity contribution < 1.29 is 28.8 Å². The molecule has 4 heteroatoms. The zero-order valence-corrected chi connectivity index (χ0v) is 19.1. The first-order chi connectivity index (χ1) is 12.6. The number of nitrogens with zero attached hydrogens (tertiary/aromatic N) is 1. The van der Waals surface area contributed by atoms with Crippen molar-refractivity contribution >= 4 is 5.97 Å². The van der Waals surface area contributed by atoms with Crippen molar-refractivity contribution in [2.45, 2.75) is 130 Å². The van der Waals surface area contributed by atoms with Gasteiger partial charge in [0.25, 0.3) is 0 Å². The van der Waals surface area contributed by atoms with Crippen LogP contribution in [0.15, 0.2) is 0 Å². The Bertz CT molecular complexity index is 297. The van der Waals surface area contributed by atoms with Crippen molar-refractivity contribution in [3.63, 3.8) is 0 Å². The summed E-state index contributed by atoms with van der Waals surface area (Å²) in [6.07, 6.45) is 19.3. The van der Waals surface area contributed by atoms with Gasteiger partial charge in [-0.15, -0.1) is 0 Å². The maximum absolute atomic E-state index is 10.6. The van der Waals surface area contributed by atoms with Gasteiger partial charge in [0.1, 0.15) is 0 Å². The Morgan fingerprint density at radius 2 is 1.19 bits per heavy atom. The fourth-order valence-corrected chi connectivity index (χ4v) is 3.63. The summed E-state index contributed by atoms with van der Waals surface area (Å²) in [6.45, 7) is 9.29. The molecule has 0 spiro atoms. The summed E-state index contributed by atoms with van der Waals surface area (Å²) < 4.78 is 0. The molecule has 1 atom stereocenters. The molecule has 0 aliphatic heterocycles. The molecule has 3 nitrogen and oxygen atoms in total. The van der Waals surface area contributed by atoms with E-state index in [4.69, 9.17) is 0 Å². The van der Waals surface area contributed by atoms with Crippen LogP contribution in [0.2, 0.25) is 0 Å². The molecule has 0 N–H and O–H groups in total. The third-order valence-corrected chi connectivity index (χ3v) is 5.47. The van der Waals surface area contributed by atoms with E-state index in [-0.39, 0.29) is 25.3 Å². The summed E-state index contributed by atoms with van der Waals surface area (Å²) in [5, 5.41) is 10.6. The molecule has 0 aromatic carbocycles. The molecule has 0 aromatic heterocycles. The van der Waals surface area contributed by atoms with Gasteiger partial charge in [-0.25, -0.2) is 0 Å². The van der Waals surface area contributed by atoms with Crippen molar-refractivity contribution in [1.29, 1.82) is 0 Å². The summed E-state index contributed by atoms with van der Waals surface area (Å²) in [5.41, 5.74) is 0. The normalized spacial score (nSPS) is 12.1. The summed E-state index contributed by atoms with van der Waals surface area (Å²) in [6, 6.07) is 0.572. The van der Waals surface area contributed by atoms with Gasteiger partial charge in [0.05, 0.1) is 0 Å². The number of carbonyl (C=O) groups is 1. The largest absolute Gasteiger partial charge is 1.00 e. The van der Waals surface area contributed by atoms with Crippen LogP contribution in [0.4, 0.5) is 0 Å². The maximum atomic E-state index is 10.6. The maximum Gasteiger partial charge on any atom is 1.00 e. The second-order valence-electron chi connectivity index (χ2n) is 8.04. The molecule has 0 bridgehead atoms. The van der Waals surface area contributed by atoms with E-state index in [2.05, 4.69) is 25.7 Å². The van der Waals surface area contributed by atoms with Gasteiger partial charge in [0, 0.05) is 12.0 Å². The van der Waals surface area contributed by atoms with Crippen LogP contribution in [-0.2, 0) is 4.79 Å². The molecule has 0 fully saturated rings. The van der Waals surface area contributed by atoms with Crippen LogP contribution in [0.3, 0.4) is 0 Å². The standard InChI is InChI=1S/C23H47NO2.Li/c1-4-6-8-10-12-16-20-24(21-17-13-11-9-7-5-2)22(3)18-14-15-19-23(25)26;/h22H,4-21H2,1-3H3,(H,25,26);/q;+1/p-1. The number of hydrogen-bond acceptors (Lipinski definition) is 3. The first-order valence-electron chi connectivity index (χ1n) is 11.6. The molecule has 0 amide bonds. The molecule has 0 aliphatic rings. The van der Waals surface area contributed by atoms with E-state index in [1.165, 1.54) is 90.1 Å². The quantitative estimate of drug-likeness (QED) is 0.243. The molecule has 0 aromatic rings. The van der Waals surface area contributed by atoms with Gasteiger partial charge in [-0.3, -0.25) is 0 Å². The molecule has 0 radical (unpaired) electrons. The smallest absolute Gasteiger partial charge is 0.550 e. The van der Waals surface area contributed by atoms with E-state index in [0.717, 1.165) is 19.3 Å². The third kappa shape index (κ3) is 20.6. The minimum atomic E-state index is -0.909. The van der Waals surface area contributed by atoms with Crippen LogP contribution in [0.1, 0.15) is 124 Å². The van der Waals surface area contributed by atoms with E-state index < -0.39 is 5.97 Å². The average Bonchev–Trinajstić information content (AvgIpc) is 2.62. The number of carboxylic acid groups (broad SMARTS) is 1. The number of carboxylic acids is 1. The number of aliphatic carboxylic acids is 1. The number of hydrogen-bond donors (Lipinski definition) is 0. The van der Waals surface area contributed by atoms with E-state index in [1.54, 1.807) is 0 Å². The van der Waals surface area contributed by atoms with E-state index in [1.807, 2.05) is 0 Å². The second kappa shape index (κ2) is 22.3. The Balaban J connectivity index is 0. The van der Waals surface area contributed by atoms with Crippen molar-refractivity contribution in [3.8, 4) is 0 Å². The van der Waals surface area contributed by atoms with Crippen molar-refractivity contribution in [1.82, 2.24) is 4.90 Å². The molecule has 27 heavy (non-hydrogen) atoms. The molecule has 0 saturated carbocycles. The van der Waals surface area contributed by atoms with Crippen molar-refractivity contribution in [3.05, 3.63) is 0 Å². The fraction of sp³-hybridized carbons (Fsp3) is 0.957. The average molecular weight is 376 g/mol. The molecule has 1 unspecified atom stereocenters. The predicted octanol–water partition coefficient (Wildman–Crippen LogP) is 2.71. The van der Waals surface area contributed by atoms with Crippen LogP contribution in [-0.4, -0.2) is 30.0 Å². The Labute approximate surface area is 182 Å². The van der Waals surface area contributed by atoms with Crippen LogP contribution in [0.25, 0.3) is 0 Å². The van der Waals surface area contributed by atoms with Crippen LogP contribution in [0.5, 0.6) is 0 Å². The van der Waals surface area contributed by atoms with Crippen LogP contribution < -0.4 is 24.0 Å². The first kappa shape index (κ1) is 29.2. The first-order valence-corrected chi connectivity index (χ1v) is 11.6. The van der Waals surface area contributed by atoms with Gasteiger partial charge in [0.2, 0.25) is 0 Å². The van der Waals surface area contributed by atoms with Gasteiger partial charge in [-0.2, -0.15) is 0 Å². The second-order valence-corrected chi connectivity index (χ2v) is 8.04. The SMILES string of the molecule is CCCCCCCCN(CCCCCCCC)C(C)CCCCC(=O)[O-].[Li+]. The molecule has 0 aliphatic carbocycles. The third-order valence-electron chi connectivity index (χ3n) is 5.47. The zero-order chi connectivity index (χ0) is 19.5. The summed E-state index contributed by atoms with van der Waals surface area (Å²) in [7, 11) is 0. The van der Waals surface area contributed by atoms with Gasteiger partial charge >= 0.3 is 18.9 Å². The molecule has 156 valence electrons. The van der Waals surface area contributed by atoms with Crippen LogP contribution >= 0.6 is 0 Å². The van der Waals surface area contributed by atoms with E-state index in [0.29, 0.717) is 6.04 Å². The van der Waals surface area contributed by atoms with Crippen molar-refractivity contribution in [2.24, 2.45) is 0 Å². The van der Waals surface area contributed by atoms with Gasteiger partial charge in [-0.05, 0) is 52.1 Å².